The molecule has 2 aromatic carbocycles. The Morgan fingerprint density at radius 1 is 1.16 bits per heavy atom. The Labute approximate surface area is 146 Å². The predicted octanol–water partition coefficient (Wildman–Crippen LogP) is 1.19. The van der Waals surface area contributed by atoms with Crippen molar-refractivity contribution in [2.45, 2.75) is 6.92 Å². The van der Waals surface area contributed by atoms with E-state index in [-0.39, 0.29) is 17.0 Å². The van der Waals surface area contributed by atoms with Crippen molar-refractivity contribution < 1.29 is 9.90 Å². The lowest BCUT2D eigenvalue weighted by Gasteiger charge is -2.06. The first-order valence-corrected chi connectivity index (χ1v) is 7.88. The number of carbonyl (C=O) groups excluding carboxylic acids is 1. The van der Waals surface area contributed by atoms with E-state index in [1.807, 2.05) is 6.92 Å². The monoisotopic (exact) mass is 353 g/mol. The average Bonchev–Trinajstić information content (AvgIpc) is 3.06. The van der Waals surface area contributed by atoms with Crippen LogP contribution in [0.25, 0.3) is 11.3 Å². The number of hydrogen-bond acceptors (Lipinski definition) is 3. The molecule has 0 fully saturated rings. The molecular weight excluding hydrogens is 342 g/mol. The van der Waals surface area contributed by atoms with Gasteiger partial charge in [-0.25, -0.2) is 9.67 Å². The normalized spacial score (nSPS) is 13.0. The SMILES string of the molecule is Cc1ccc(-n2[nH]c(=O)c(C3=c4ccccc4=NC3=O)c2O)cc1Cl. The summed E-state index contributed by atoms with van der Waals surface area (Å²) in [5, 5.41) is 14.6. The van der Waals surface area contributed by atoms with Gasteiger partial charge in [-0.1, -0.05) is 35.9 Å². The largest absolute Gasteiger partial charge is 0.493 e. The molecule has 1 amide bonds. The Bertz CT molecular complexity index is 1220. The highest BCUT2D eigenvalue weighted by atomic mass is 35.5. The molecule has 1 aliphatic heterocycles. The number of aromatic nitrogens is 2. The molecule has 1 aliphatic rings. The topological polar surface area (TPSA) is 87.5 Å². The highest BCUT2D eigenvalue weighted by Crippen LogP contribution is 2.26. The van der Waals surface area contributed by atoms with Gasteiger partial charge in [0.25, 0.3) is 11.5 Å². The number of aromatic hydroxyl groups is 1. The molecule has 6 nitrogen and oxygen atoms in total. The number of H-pyrrole nitrogens is 1. The van der Waals surface area contributed by atoms with Gasteiger partial charge in [0.05, 0.1) is 16.6 Å². The van der Waals surface area contributed by atoms with Crippen LogP contribution in [0.15, 0.2) is 52.3 Å². The van der Waals surface area contributed by atoms with Crippen molar-refractivity contribution in [3.63, 3.8) is 0 Å². The molecule has 2 N–H and O–H groups in total. The van der Waals surface area contributed by atoms with Gasteiger partial charge in [-0.05, 0) is 30.7 Å². The van der Waals surface area contributed by atoms with E-state index in [2.05, 4.69) is 10.1 Å². The number of benzene rings is 2. The minimum Gasteiger partial charge on any atom is -0.493 e. The Morgan fingerprint density at radius 3 is 2.68 bits per heavy atom. The number of fused-ring (bicyclic) bond motifs is 1. The number of nitrogens with zero attached hydrogens (tertiary/aromatic N) is 2. The Hall–Kier alpha value is -3.12. The van der Waals surface area contributed by atoms with Crippen molar-refractivity contribution in [1.82, 2.24) is 9.78 Å². The Kier molecular flexibility index (Phi) is 3.36. The molecule has 0 spiro atoms. The van der Waals surface area contributed by atoms with Gasteiger partial charge in [-0.15, -0.1) is 0 Å². The van der Waals surface area contributed by atoms with Gasteiger partial charge >= 0.3 is 0 Å². The summed E-state index contributed by atoms with van der Waals surface area (Å²) < 4.78 is 1.20. The zero-order valence-corrected chi connectivity index (χ0v) is 13.8. The van der Waals surface area contributed by atoms with Gasteiger partial charge in [0.15, 0.2) is 0 Å². The van der Waals surface area contributed by atoms with E-state index in [1.54, 1.807) is 42.5 Å². The van der Waals surface area contributed by atoms with Crippen molar-refractivity contribution in [2.24, 2.45) is 4.99 Å². The molecule has 3 aromatic rings. The first-order valence-electron chi connectivity index (χ1n) is 7.50. The summed E-state index contributed by atoms with van der Waals surface area (Å²) in [5.41, 5.74) is 0.756. The molecule has 0 aliphatic carbocycles. The summed E-state index contributed by atoms with van der Waals surface area (Å²) in [4.78, 5) is 28.7. The second kappa shape index (κ2) is 5.46. The maximum absolute atomic E-state index is 12.4. The number of aromatic amines is 1. The lowest BCUT2D eigenvalue weighted by molar-refractivity contribution is -0.112. The molecule has 0 saturated carbocycles. The molecule has 2 heterocycles. The van der Waals surface area contributed by atoms with Crippen LogP contribution in [-0.2, 0) is 4.79 Å². The zero-order chi connectivity index (χ0) is 17.7. The summed E-state index contributed by atoms with van der Waals surface area (Å²) in [6.45, 7) is 1.85. The van der Waals surface area contributed by atoms with Crippen LogP contribution in [0.1, 0.15) is 11.1 Å². The van der Waals surface area contributed by atoms with Crippen LogP contribution >= 0.6 is 11.6 Å². The third kappa shape index (κ3) is 2.30. The zero-order valence-electron chi connectivity index (χ0n) is 13.1. The fourth-order valence-electron chi connectivity index (χ4n) is 2.86. The van der Waals surface area contributed by atoms with Gasteiger partial charge in [-0.2, -0.15) is 0 Å². The van der Waals surface area contributed by atoms with Crippen LogP contribution in [0.5, 0.6) is 5.88 Å². The van der Waals surface area contributed by atoms with E-state index in [0.29, 0.717) is 21.3 Å². The molecule has 0 atom stereocenters. The number of rotatable bonds is 2. The molecule has 0 saturated heterocycles. The number of hydrogen-bond donors (Lipinski definition) is 2. The fraction of sp³-hybridized carbons (Fsp3) is 0.0556. The number of aryl methyl sites for hydroxylation is 1. The molecule has 0 radical (unpaired) electrons. The molecule has 0 bridgehead atoms. The van der Waals surface area contributed by atoms with E-state index in [4.69, 9.17) is 11.6 Å². The van der Waals surface area contributed by atoms with Gasteiger partial charge < -0.3 is 5.11 Å². The van der Waals surface area contributed by atoms with Crippen molar-refractivity contribution in [2.75, 3.05) is 0 Å². The minimum atomic E-state index is -0.579. The molecule has 7 heteroatoms. The maximum Gasteiger partial charge on any atom is 0.279 e. The highest BCUT2D eigenvalue weighted by molar-refractivity contribution is 6.31. The van der Waals surface area contributed by atoms with Crippen LogP contribution < -0.4 is 16.1 Å². The summed E-state index contributed by atoms with van der Waals surface area (Å²) >= 11 is 6.12. The highest BCUT2D eigenvalue weighted by Gasteiger charge is 2.27. The van der Waals surface area contributed by atoms with E-state index in [1.165, 1.54) is 4.68 Å². The Balaban J connectivity index is 2.00. The van der Waals surface area contributed by atoms with Crippen molar-refractivity contribution in [3.8, 4) is 11.6 Å². The molecule has 124 valence electrons. The average molecular weight is 354 g/mol. The molecular formula is C18H12ClN3O3. The minimum absolute atomic E-state index is 0.0892. The van der Waals surface area contributed by atoms with E-state index in [9.17, 15) is 14.7 Å². The van der Waals surface area contributed by atoms with Gasteiger partial charge in [0.1, 0.15) is 5.56 Å². The second-order valence-corrected chi connectivity index (χ2v) is 6.12. The van der Waals surface area contributed by atoms with Crippen molar-refractivity contribution >= 4 is 23.1 Å². The summed E-state index contributed by atoms with van der Waals surface area (Å²) in [6, 6.07) is 12.0. The summed E-state index contributed by atoms with van der Waals surface area (Å²) in [6.07, 6.45) is 0. The quantitative estimate of drug-likeness (QED) is 0.725. The van der Waals surface area contributed by atoms with Gasteiger partial charge in [0.2, 0.25) is 5.88 Å². The summed E-state index contributed by atoms with van der Waals surface area (Å²) in [5.74, 6) is -0.915. The lowest BCUT2D eigenvalue weighted by Crippen LogP contribution is -2.24. The van der Waals surface area contributed by atoms with Crippen LogP contribution in [-0.4, -0.2) is 20.8 Å². The van der Waals surface area contributed by atoms with Crippen LogP contribution in [0, 0.1) is 6.92 Å². The Morgan fingerprint density at radius 2 is 1.92 bits per heavy atom. The number of para-hydroxylation sites is 1. The van der Waals surface area contributed by atoms with Crippen LogP contribution in [0.3, 0.4) is 0 Å². The van der Waals surface area contributed by atoms with Crippen LogP contribution in [0.2, 0.25) is 5.02 Å². The number of nitrogens with one attached hydrogen (secondary N) is 1. The maximum atomic E-state index is 12.4. The summed E-state index contributed by atoms with van der Waals surface area (Å²) in [7, 11) is 0. The number of halogens is 1. The second-order valence-electron chi connectivity index (χ2n) is 5.72. The van der Waals surface area contributed by atoms with E-state index >= 15 is 0 Å². The smallest absolute Gasteiger partial charge is 0.279 e. The van der Waals surface area contributed by atoms with Crippen molar-refractivity contribution in [1.29, 1.82) is 0 Å². The molecule has 4 rings (SSSR count). The first-order chi connectivity index (χ1) is 12.0. The van der Waals surface area contributed by atoms with Crippen molar-refractivity contribution in [3.05, 3.63) is 79.5 Å². The van der Waals surface area contributed by atoms with Crippen LogP contribution in [0.4, 0.5) is 0 Å². The fourth-order valence-corrected chi connectivity index (χ4v) is 3.04. The number of amides is 1. The predicted molar refractivity (Wildman–Crippen MR) is 92.5 cm³/mol. The lowest BCUT2D eigenvalue weighted by atomic mass is 10.1. The molecule has 1 aromatic heterocycles. The first kappa shape index (κ1) is 15.4. The van der Waals surface area contributed by atoms with E-state index in [0.717, 1.165) is 5.56 Å². The number of carbonyl (C=O) groups is 1. The third-order valence-corrected chi connectivity index (χ3v) is 4.56. The van der Waals surface area contributed by atoms with E-state index < -0.39 is 11.5 Å². The molecule has 25 heavy (non-hydrogen) atoms. The van der Waals surface area contributed by atoms with Gasteiger partial charge in [0, 0.05) is 10.2 Å². The standard InChI is InChI=1S/C18H12ClN3O3/c1-9-6-7-10(8-12(9)19)22-18(25)15(17(24)21-22)14-11-4-2-3-5-13(11)20-16(14)23/h2-8,25H,1H3,(H,21,24). The molecule has 0 unspecified atom stereocenters. The third-order valence-electron chi connectivity index (χ3n) is 4.15. The van der Waals surface area contributed by atoms with Gasteiger partial charge in [-0.3, -0.25) is 14.7 Å².